The number of hydrogen-bond acceptors (Lipinski definition) is 3. The number of ether oxygens (including phenoxy) is 2. The Morgan fingerprint density at radius 1 is 1.11 bits per heavy atom. The number of benzene rings is 1. The highest BCUT2D eigenvalue weighted by atomic mass is 16.5. The lowest BCUT2D eigenvalue weighted by molar-refractivity contribution is 0.287. The van der Waals surface area contributed by atoms with Gasteiger partial charge in [0.1, 0.15) is 0 Å². The van der Waals surface area contributed by atoms with Gasteiger partial charge in [0.05, 0.1) is 13.2 Å². The van der Waals surface area contributed by atoms with E-state index in [1.54, 1.807) is 0 Å². The molecule has 18 heavy (non-hydrogen) atoms. The Bertz CT molecular complexity index is 399. The summed E-state index contributed by atoms with van der Waals surface area (Å²) >= 11 is 0. The van der Waals surface area contributed by atoms with E-state index in [4.69, 9.17) is 9.47 Å². The van der Waals surface area contributed by atoms with E-state index in [1.165, 1.54) is 18.4 Å². The lowest BCUT2D eigenvalue weighted by atomic mass is 9.95. The normalized spacial score (nSPS) is 16.4. The van der Waals surface area contributed by atoms with Crippen molar-refractivity contribution in [3.63, 3.8) is 0 Å². The van der Waals surface area contributed by atoms with Crippen molar-refractivity contribution in [2.45, 2.75) is 32.1 Å². The minimum atomic E-state index is 0.325. The molecule has 1 N–H and O–H groups in total. The first kappa shape index (κ1) is 13.2. The largest absolute Gasteiger partial charge is 0.490 e. The summed E-state index contributed by atoms with van der Waals surface area (Å²) in [4.78, 5) is 0. The summed E-state index contributed by atoms with van der Waals surface area (Å²) in [5.41, 5.74) is 1.69. The van der Waals surface area contributed by atoms with Gasteiger partial charge in [0.15, 0.2) is 11.5 Å². The Morgan fingerprint density at radius 3 is 2.33 bits per heavy atom. The molecule has 0 heterocycles. The molecule has 0 bridgehead atoms. The molecule has 0 spiro atoms. The first-order valence-electron chi connectivity index (χ1n) is 6.80. The Labute approximate surface area is 109 Å². The second kappa shape index (κ2) is 5.61. The third kappa shape index (κ3) is 2.61. The molecule has 2 rings (SSSR count). The molecule has 1 fully saturated rings. The monoisotopic (exact) mass is 249 g/mol. The lowest BCUT2D eigenvalue weighted by Gasteiger charge is -2.18. The highest BCUT2D eigenvalue weighted by Gasteiger charge is 2.43. The standard InChI is InChI=1S/C15H23NO2/c1-4-17-13-7-6-12(10-14(13)18-5-2)15(8-9-15)11-16-3/h6-7,10,16H,4-5,8-9,11H2,1-3H3. The maximum absolute atomic E-state index is 5.69. The SMILES string of the molecule is CCOc1ccc(C2(CNC)CC2)cc1OCC. The quantitative estimate of drug-likeness (QED) is 0.806. The molecule has 1 saturated carbocycles. The molecule has 0 saturated heterocycles. The van der Waals surface area contributed by atoms with Crippen LogP contribution in [0.3, 0.4) is 0 Å². The summed E-state index contributed by atoms with van der Waals surface area (Å²) in [6, 6.07) is 6.37. The predicted molar refractivity (Wildman–Crippen MR) is 73.6 cm³/mol. The van der Waals surface area contributed by atoms with Crippen molar-refractivity contribution in [2.24, 2.45) is 0 Å². The van der Waals surface area contributed by atoms with Crippen LogP contribution in [0.2, 0.25) is 0 Å². The Morgan fingerprint density at radius 2 is 1.78 bits per heavy atom. The lowest BCUT2D eigenvalue weighted by Crippen LogP contribution is -2.23. The van der Waals surface area contributed by atoms with Gasteiger partial charge in [-0.1, -0.05) is 6.07 Å². The first-order chi connectivity index (χ1) is 8.75. The van der Waals surface area contributed by atoms with Gasteiger partial charge in [0, 0.05) is 12.0 Å². The summed E-state index contributed by atoms with van der Waals surface area (Å²) in [7, 11) is 2.01. The number of rotatable bonds is 7. The van der Waals surface area contributed by atoms with Gasteiger partial charge in [0.25, 0.3) is 0 Å². The Hall–Kier alpha value is -1.22. The summed E-state index contributed by atoms with van der Waals surface area (Å²) in [6.07, 6.45) is 2.51. The molecular formula is C15H23NO2. The smallest absolute Gasteiger partial charge is 0.161 e. The van der Waals surface area contributed by atoms with Gasteiger partial charge in [-0.25, -0.2) is 0 Å². The third-order valence-electron chi connectivity index (χ3n) is 3.52. The number of hydrogen-bond donors (Lipinski definition) is 1. The zero-order valence-corrected chi connectivity index (χ0v) is 11.6. The van der Waals surface area contributed by atoms with Crippen molar-refractivity contribution in [3.8, 4) is 11.5 Å². The van der Waals surface area contributed by atoms with Gasteiger partial charge in [0.2, 0.25) is 0 Å². The van der Waals surface area contributed by atoms with Gasteiger partial charge in [-0.3, -0.25) is 0 Å². The molecule has 1 aromatic rings. The summed E-state index contributed by atoms with van der Waals surface area (Å²) in [5.74, 6) is 1.72. The average molecular weight is 249 g/mol. The molecule has 0 unspecified atom stereocenters. The van der Waals surface area contributed by atoms with Crippen LogP contribution >= 0.6 is 0 Å². The van der Waals surface area contributed by atoms with Crippen molar-refractivity contribution in [2.75, 3.05) is 26.8 Å². The van der Waals surface area contributed by atoms with Crippen molar-refractivity contribution < 1.29 is 9.47 Å². The Kier molecular flexibility index (Phi) is 4.12. The molecule has 0 radical (unpaired) electrons. The van der Waals surface area contributed by atoms with Gasteiger partial charge in [-0.05, 0) is 51.4 Å². The maximum atomic E-state index is 5.69. The highest BCUT2D eigenvalue weighted by molar-refractivity contribution is 5.47. The highest BCUT2D eigenvalue weighted by Crippen LogP contribution is 2.49. The number of nitrogens with one attached hydrogen (secondary N) is 1. The van der Waals surface area contributed by atoms with Crippen LogP contribution in [0, 0.1) is 0 Å². The van der Waals surface area contributed by atoms with Gasteiger partial charge in [-0.15, -0.1) is 0 Å². The zero-order chi connectivity index (χ0) is 13.0. The molecule has 0 amide bonds. The summed E-state index contributed by atoms with van der Waals surface area (Å²) in [6.45, 7) is 6.37. The van der Waals surface area contributed by atoms with E-state index in [-0.39, 0.29) is 0 Å². The topological polar surface area (TPSA) is 30.5 Å². The van der Waals surface area contributed by atoms with E-state index in [0.29, 0.717) is 18.6 Å². The van der Waals surface area contributed by atoms with Crippen LogP contribution in [-0.4, -0.2) is 26.8 Å². The molecular weight excluding hydrogens is 226 g/mol. The van der Waals surface area contributed by atoms with Crippen LogP contribution < -0.4 is 14.8 Å². The van der Waals surface area contributed by atoms with Crippen molar-refractivity contribution in [1.82, 2.24) is 5.32 Å². The van der Waals surface area contributed by atoms with E-state index < -0.39 is 0 Å². The summed E-state index contributed by atoms with van der Waals surface area (Å²) < 4.78 is 11.3. The molecule has 3 heteroatoms. The van der Waals surface area contributed by atoms with Crippen LogP contribution in [0.15, 0.2) is 18.2 Å². The van der Waals surface area contributed by atoms with E-state index >= 15 is 0 Å². The van der Waals surface area contributed by atoms with Gasteiger partial charge in [-0.2, -0.15) is 0 Å². The molecule has 0 aromatic heterocycles. The summed E-state index contributed by atoms with van der Waals surface area (Å²) in [5, 5.41) is 3.29. The average Bonchev–Trinajstić information content (AvgIpc) is 3.13. The third-order valence-corrected chi connectivity index (χ3v) is 3.52. The van der Waals surface area contributed by atoms with Crippen LogP contribution in [0.5, 0.6) is 11.5 Å². The second-order valence-corrected chi connectivity index (χ2v) is 4.84. The van der Waals surface area contributed by atoms with Crippen LogP contribution in [0.4, 0.5) is 0 Å². The van der Waals surface area contributed by atoms with Crippen LogP contribution in [-0.2, 0) is 5.41 Å². The van der Waals surface area contributed by atoms with Gasteiger partial charge < -0.3 is 14.8 Å². The van der Waals surface area contributed by atoms with Gasteiger partial charge >= 0.3 is 0 Å². The molecule has 1 aliphatic rings. The molecule has 0 aliphatic heterocycles. The number of likely N-dealkylation sites (N-methyl/N-ethyl adjacent to an activating group) is 1. The van der Waals surface area contributed by atoms with Crippen LogP contribution in [0.25, 0.3) is 0 Å². The fourth-order valence-electron chi connectivity index (χ4n) is 2.44. The van der Waals surface area contributed by atoms with Crippen molar-refractivity contribution in [1.29, 1.82) is 0 Å². The second-order valence-electron chi connectivity index (χ2n) is 4.84. The fraction of sp³-hybridized carbons (Fsp3) is 0.600. The zero-order valence-electron chi connectivity index (χ0n) is 11.6. The minimum absolute atomic E-state index is 0.325. The first-order valence-corrected chi connectivity index (χ1v) is 6.80. The molecule has 3 nitrogen and oxygen atoms in total. The fourth-order valence-corrected chi connectivity index (χ4v) is 2.44. The van der Waals surface area contributed by atoms with E-state index in [2.05, 4.69) is 17.4 Å². The minimum Gasteiger partial charge on any atom is -0.490 e. The molecule has 0 atom stereocenters. The van der Waals surface area contributed by atoms with E-state index in [1.807, 2.05) is 27.0 Å². The van der Waals surface area contributed by atoms with E-state index in [9.17, 15) is 0 Å². The van der Waals surface area contributed by atoms with Crippen molar-refractivity contribution >= 4 is 0 Å². The molecule has 1 aromatic carbocycles. The Balaban J connectivity index is 2.25. The van der Waals surface area contributed by atoms with E-state index in [0.717, 1.165) is 18.0 Å². The molecule has 100 valence electrons. The molecule has 1 aliphatic carbocycles. The maximum Gasteiger partial charge on any atom is 0.161 e. The van der Waals surface area contributed by atoms with Crippen LogP contribution in [0.1, 0.15) is 32.3 Å². The van der Waals surface area contributed by atoms with Crippen molar-refractivity contribution in [3.05, 3.63) is 23.8 Å². The predicted octanol–water partition coefficient (Wildman–Crippen LogP) is 2.74.